The minimum Gasteiger partial charge on any atom is -0.468 e. The molecule has 6 nitrogen and oxygen atoms in total. The van der Waals surface area contributed by atoms with Crippen molar-refractivity contribution < 1.29 is 14.0 Å². The number of hydrogen-bond donors (Lipinski definition) is 1. The highest BCUT2D eigenvalue weighted by atomic mass is 16.3. The average Bonchev–Trinajstić information content (AvgIpc) is 3.25. The Morgan fingerprint density at radius 1 is 1.31 bits per heavy atom. The summed E-state index contributed by atoms with van der Waals surface area (Å²) in [5.74, 6) is 0.373. The standard InChI is InChI=1S/C20H25N3O3/c1-14-6-8-16(9-7-14)23-13-15(11-19(23)24)20(25)21-12-17(22(2)3)18-5-4-10-26-18/h4-10,15,17H,11-13H2,1-3H3,(H,21,25). The largest absolute Gasteiger partial charge is 0.468 e. The van der Waals surface area contributed by atoms with E-state index in [0.29, 0.717) is 13.1 Å². The third kappa shape index (κ3) is 3.96. The third-order valence-electron chi connectivity index (χ3n) is 4.81. The summed E-state index contributed by atoms with van der Waals surface area (Å²) in [5, 5.41) is 2.98. The molecule has 1 fully saturated rings. The van der Waals surface area contributed by atoms with Crippen LogP contribution in [0.15, 0.2) is 47.1 Å². The first-order valence-electron chi connectivity index (χ1n) is 8.80. The number of nitrogens with one attached hydrogen (secondary N) is 1. The van der Waals surface area contributed by atoms with E-state index in [4.69, 9.17) is 4.42 Å². The number of nitrogens with zero attached hydrogens (tertiary/aromatic N) is 2. The Hall–Kier alpha value is -2.60. The fourth-order valence-corrected chi connectivity index (χ4v) is 3.22. The van der Waals surface area contributed by atoms with Gasteiger partial charge in [0, 0.05) is 25.2 Å². The molecule has 0 saturated carbocycles. The number of likely N-dealkylation sites (N-methyl/N-ethyl adjacent to an activating group) is 1. The highest BCUT2D eigenvalue weighted by molar-refractivity contribution is 6.00. The van der Waals surface area contributed by atoms with Gasteiger partial charge in [0.05, 0.1) is 18.2 Å². The van der Waals surface area contributed by atoms with Crippen LogP contribution in [0, 0.1) is 12.8 Å². The van der Waals surface area contributed by atoms with Crippen LogP contribution in [0.5, 0.6) is 0 Å². The van der Waals surface area contributed by atoms with E-state index in [0.717, 1.165) is 17.0 Å². The van der Waals surface area contributed by atoms with Gasteiger partial charge in [-0.25, -0.2) is 0 Å². The Morgan fingerprint density at radius 3 is 2.65 bits per heavy atom. The van der Waals surface area contributed by atoms with Crippen molar-refractivity contribution in [1.82, 2.24) is 10.2 Å². The summed E-state index contributed by atoms with van der Waals surface area (Å²) in [6, 6.07) is 11.5. The monoisotopic (exact) mass is 355 g/mol. The lowest BCUT2D eigenvalue weighted by molar-refractivity contribution is -0.126. The lowest BCUT2D eigenvalue weighted by atomic mass is 10.1. The van der Waals surface area contributed by atoms with Gasteiger partial charge in [-0.1, -0.05) is 17.7 Å². The zero-order chi connectivity index (χ0) is 18.7. The Bertz CT molecular complexity index is 753. The molecule has 2 amide bonds. The van der Waals surface area contributed by atoms with Gasteiger partial charge >= 0.3 is 0 Å². The Morgan fingerprint density at radius 2 is 2.04 bits per heavy atom. The van der Waals surface area contributed by atoms with Crippen molar-refractivity contribution in [3.05, 3.63) is 54.0 Å². The molecular formula is C20H25N3O3. The molecule has 3 rings (SSSR count). The first-order chi connectivity index (χ1) is 12.5. The zero-order valence-corrected chi connectivity index (χ0v) is 15.4. The highest BCUT2D eigenvalue weighted by Gasteiger charge is 2.35. The predicted molar refractivity (Wildman–Crippen MR) is 99.8 cm³/mol. The van der Waals surface area contributed by atoms with Gasteiger partial charge in [-0.05, 0) is 45.3 Å². The molecule has 0 bridgehead atoms. The summed E-state index contributed by atoms with van der Waals surface area (Å²) in [6.45, 7) is 2.86. The number of carbonyl (C=O) groups excluding carboxylic acids is 2. The van der Waals surface area contributed by atoms with Crippen LogP contribution in [0.2, 0.25) is 0 Å². The molecule has 0 radical (unpaired) electrons. The lowest BCUT2D eigenvalue weighted by Crippen LogP contribution is -2.38. The van der Waals surface area contributed by atoms with Crippen LogP contribution >= 0.6 is 0 Å². The number of hydrogen-bond acceptors (Lipinski definition) is 4. The van der Waals surface area contributed by atoms with Gasteiger partial charge in [-0.2, -0.15) is 0 Å². The summed E-state index contributed by atoms with van der Waals surface area (Å²) >= 11 is 0. The second-order valence-corrected chi connectivity index (χ2v) is 6.98. The number of furan rings is 1. The van der Waals surface area contributed by atoms with Gasteiger partial charge in [0.1, 0.15) is 5.76 Å². The van der Waals surface area contributed by atoms with Crippen LogP contribution in [-0.4, -0.2) is 43.9 Å². The fourth-order valence-electron chi connectivity index (χ4n) is 3.22. The maximum Gasteiger partial charge on any atom is 0.227 e. The predicted octanol–water partition coefficient (Wildman–Crippen LogP) is 2.36. The SMILES string of the molecule is Cc1ccc(N2CC(C(=O)NCC(c3ccco3)N(C)C)CC2=O)cc1. The van der Waals surface area contributed by atoms with Crippen molar-refractivity contribution in [2.24, 2.45) is 5.92 Å². The second kappa shape index (κ2) is 7.74. The van der Waals surface area contributed by atoms with Gasteiger partial charge in [0.15, 0.2) is 0 Å². The number of aryl methyl sites for hydroxylation is 1. The summed E-state index contributed by atoms with van der Waals surface area (Å²) in [7, 11) is 3.88. The normalized spacial score (nSPS) is 18.4. The Kier molecular flexibility index (Phi) is 5.42. The van der Waals surface area contributed by atoms with E-state index >= 15 is 0 Å². The molecule has 0 spiro atoms. The van der Waals surface area contributed by atoms with Crippen molar-refractivity contribution in [2.45, 2.75) is 19.4 Å². The van der Waals surface area contributed by atoms with E-state index in [1.807, 2.05) is 62.3 Å². The number of anilines is 1. The first-order valence-corrected chi connectivity index (χ1v) is 8.80. The van der Waals surface area contributed by atoms with Gasteiger partial charge in [-0.3, -0.25) is 14.5 Å². The Labute approximate surface area is 153 Å². The van der Waals surface area contributed by atoms with Crippen molar-refractivity contribution in [3.63, 3.8) is 0 Å². The van der Waals surface area contributed by atoms with E-state index in [9.17, 15) is 9.59 Å². The van der Waals surface area contributed by atoms with Crippen molar-refractivity contribution in [1.29, 1.82) is 0 Å². The molecule has 2 atom stereocenters. The molecular weight excluding hydrogens is 330 g/mol. The van der Waals surface area contributed by atoms with Crippen LogP contribution in [0.25, 0.3) is 0 Å². The van der Waals surface area contributed by atoms with E-state index in [2.05, 4.69) is 5.32 Å². The van der Waals surface area contributed by atoms with Gasteiger partial charge in [-0.15, -0.1) is 0 Å². The smallest absolute Gasteiger partial charge is 0.227 e. The molecule has 138 valence electrons. The highest BCUT2D eigenvalue weighted by Crippen LogP contribution is 2.26. The number of carbonyl (C=O) groups is 2. The molecule has 1 saturated heterocycles. The van der Waals surface area contributed by atoms with E-state index < -0.39 is 0 Å². The average molecular weight is 355 g/mol. The molecule has 2 aromatic rings. The van der Waals surface area contributed by atoms with Crippen LogP contribution in [-0.2, 0) is 9.59 Å². The molecule has 0 aliphatic carbocycles. The number of benzene rings is 1. The molecule has 1 N–H and O–H groups in total. The number of amides is 2. The quantitative estimate of drug-likeness (QED) is 0.864. The number of rotatable bonds is 6. The summed E-state index contributed by atoms with van der Waals surface area (Å²) < 4.78 is 5.46. The van der Waals surface area contributed by atoms with E-state index in [-0.39, 0.29) is 30.2 Å². The molecule has 1 aromatic carbocycles. The van der Waals surface area contributed by atoms with Crippen molar-refractivity contribution >= 4 is 17.5 Å². The maximum atomic E-state index is 12.6. The van der Waals surface area contributed by atoms with Gasteiger partial charge in [0.25, 0.3) is 0 Å². The van der Waals surface area contributed by atoms with Crippen LogP contribution in [0.3, 0.4) is 0 Å². The van der Waals surface area contributed by atoms with Gasteiger partial charge < -0.3 is 14.6 Å². The molecule has 6 heteroatoms. The fraction of sp³-hybridized carbons (Fsp3) is 0.400. The summed E-state index contributed by atoms with van der Waals surface area (Å²) in [6.07, 6.45) is 1.87. The molecule has 1 aliphatic heterocycles. The summed E-state index contributed by atoms with van der Waals surface area (Å²) in [4.78, 5) is 28.6. The molecule has 1 aliphatic rings. The minimum absolute atomic E-state index is 0.0100. The molecule has 2 unspecified atom stereocenters. The van der Waals surface area contributed by atoms with E-state index in [1.54, 1.807) is 11.2 Å². The first kappa shape index (κ1) is 18.2. The molecule has 2 heterocycles. The summed E-state index contributed by atoms with van der Waals surface area (Å²) in [5.41, 5.74) is 1.99. The third-order valence-corrected chi connectivity index (χ3v) is 4.81. The van der Waals surface area contributed by atoms with Crippen LogP contribution < -0.4 is 10.2 Å². The van der Waals surface area contributed by atoms with Crippen molar-refractivity contribution in [3.8, 4) is 0 Å². The molecule has 26 heavy (non-hydrogen) atoms. The van der Waals surface area contributed by atoms with Crippen molar-refractivity contribution in [2.75, 3.05) is 32.1 Å². The minimum atomic E-state index is -0.330. The second-order valence-electron chi connectivity index (χ2n) is 6.98. The lowest BCUT2D eigenvalue weighted by Gasteiger charge is -2.23. The Balaban J connectivity index is 1.60. The van der Waals surface area contributed by atoms with E-state index in [1.165, 1.54) is 0 Å². The van der Waals surface area contributed by atoms with Gasteiger partial charge in [0.2, 0.25) is 11.8 Å². The zero-order valence-electron chi connectivity index (χ0n) is 15.4. The van der Waals surface area contributed by atoms with Crippen LogP contribution in [0.4, 0.5) is 5.69 Å². The molecule has 1 aromatic heterocycles. The van der Waals surface area contributed by atoms with Crippen LogP contribution in [0.1, 0.15) is 23.8 Å². The maximum absolute atomic E-state index is 12.6. The topological polar surface area (TPSA) is 65.8 Å².